The van der Waals surface area contributed by atoms with E-state index < -0.39 is 0 Å². The SMILES string of the molecule is CCOc1ccc(OCCNC(=O)c2cc(Cl)c(OC)c(Cl)c2)cc1. The molecule has 5 nitrogen and oxygen atoms in total. The topological polar surface area (TPSA) is 56.8 Å². The van der Waals surface area contributed by atoms with Crippen molar-refractivity contribution in [1.82, 2.24) is 5.32 Å². The molecule has 0 bridgehead atoms. The minimum Gasteiger partial charge on any atom is -0.494 e. The van der Waals surface area contributed by atoms with Gasteiger partial charge in [0, 0.05) is 5.56 Å². The standard InChI is InChI=1S/C18H19Cl2NO4/c1-3-24-13-4-6-14(7-5-13)25-9-8-21-18(22)12-10-15(19)17(23-2)16(20)11-12/h4-7,10-11H,3,8-9H2,1-2H3,(H,21,22). The van der Waals surface area contributed by atoms with E-state index in [9.17, 15) is 4.79 Å². The second-order valence-electron chi connectivity index (χ2n) is 4.98. The van der Waals surface area contributed by atoms with Crippen molar-refractivity contribution in [2.45, 2.75) is 6.92 Å². The van der Waals surface area contributed by atoms with Gasteiger partial charge in [0.05, 0.1) is 30.3 Å². The van der Waals surface area contributed by atoms with Gasteiger partial charge in [-0.2, -0.15) is 0 Å². The lowest BCUT2D eigenvalue weighted by atomic mass is 10.2. The van der Waals surface area contributed by atoms with Crippen molar-refractivity contribution in [3.05, 3.63) is 52.0 Å². The monoisotopic (exact) mass is 383 g/mol. The first-order valence-electron chi connectivity index (χ1n) is 7.72. The fourth-order valence-corrected chi connectivity index (χ4v) is 2.76. The van der Waals surface area contributed by atoms with Crippen LogP contribution in [0.15, 0.2) is 36.4 Å². The quantitative estimate of drug-likeness (QED) is 0.693. The van der Waals surface area contributed by atoms with Crippen LogP contribution in [0.3, 0.4) is 0 Å². The number of hydrogen-bond acceptors (Lipinski definition) is 4. The van der Waals surface area contributed by atoms with Gasteiger partial charge < -0.3 is 19.5 Å². The van der Waals surface area contributed by atoms with Gasteiger partial charge in [0.1, 0.15) is 18.1 Å². The number of nitrogens with one attached hydrogen (secondary N) is 1. The van der Waals surface area contributed by atoms with Crippen LogP contribution in [-0.2, 0) is 0 Å². The first-order chi connectivity index (χ1) is 12.0. The van der Waals surface area contributed by atoms with Crippen molar-refractivity contribution >= 4 is 29.1 Å². The smallest absolute Gasteiger partial charge is 0.251 e. The lowest BCUT2D eigenvalue weighted by molar-refractivity contribution is 0.0947. The Morgan fingerprint density at radius 3 is 2.12 bits per heavy atom. The van der Waals surface area contributed by atoms with Crippen LogP contribution >= 0.6 is 23.2 Å². The van der Waals surface area contributed by atoms with Crippen LogP contribution in [-0.4, -0.2) is 32.8 Å². The molecule has 7 heteroatoms. The second kappa shape index (κ2) is 9.39. The molecule has 0 aliphatic carbocycles. The van der Waals surface area contributed by atoms with Gasteiger partial charge in [-0.25, -0.2) is 0 Å². The van der Waals surface area contributed by atoms with Crippen molar-refractivity contribution in [2.24, 2.45) is 0 Å². The van der Waals surface area contributed by atoms with Crippen molar-refractivity contribution in [3.8, 4) is 17.2 Å². The molecular weight excluding hydrogens is 365 g/mol. The summed E-state index contributed by atoms with van der Waals surface area (Å²) in [4.78, 5) is 12.1. The van der Waals surface area contributed by atoms with Crippen LogP contribution in [0.4, 0.5) is 0 Å². The van der Waals surface area contributed by atoms with Crippen LogP contribution in [0.5, 0.6) is 17.2 Å². The summed E-state index contributed by atoms with van der Waals surface area (Å²) >= 11 is 12.1. The highest BCUT2D eigenvalue weighted by Crippen LogP contribution is 2.33. The summed E-state index contributed by atoms with van der Waals surface area (Å²) in [6, 6.07) is 10.3. The summed E-state index contributed by atoms with van der Waals surface area (Å²) < 4.78 is 16.0. The molecule has 0 radical (unpaired) electrons. The van der Waals surface area contributed by atoms with Gasteiger partial charge in [-0.15, -0.1) is 0 Å². The molecule has 0 heterocycles. The van der Waals surface area contributed by atoms with E-state index in [1.165, 1.54) is 19.2 Å². The fourth-order valence-electron chi connectivity index (χ4n) is 2.12. The Balaban J connectivity index is 1.82. The minimum absolute atomic E-state index is 0.283. The molecule has 2 aromatic rings. The number of hydrogen-bond donors (Lipinski definition) is 1. The highest BCUT2D eigenvalue weighted by Gasteiger charge is 2.13. The Hall–Kier alpha value is -2.11. The van der Waals surface area contributed by atoms with Gasteiger partial charge in [0.15, 0.2) is 5.75 Å². The molecule has 0 spiro atoms. The molecule has 25 heavy (non-hydrogen) atoms. The normalized spacial score (nSPS) is 10.2. The lowest BCUT2D eigenvalue weighted by Crippen LogP contribution is -2.28. The first kappa shape index (κ1) is 19.2. The van der Waals surface area contributed by atoms with Gasteiger partial charge >= 0.3 is 0 Å². The summed E-state index contributed by atoms with van der Waals surface area (Å²) in [5.41, 5.74) is 0.358. The van der Waals surface area contributed by atoms with E-state index in [1.54, 1.807) is 0 Å². The van der Waals surface area contributed by atoms with Crippen LogP contribution in [0.25, 0.3) is 0 Å². The molecule has 0 fully saturated rings. The highest BCUT2D eigenvalue weighted by molar-refractivity contribution is 6.37. The number of rotatable bonds is 8. The third-order valence-electron chi connectivity index (χ3n) is 3.26. The zero-order valence-electron chi connectivity index (χ0n) is 14.0. The lowest BCUT2D eigenvalue weighted by Gasteiger charge is -2.10. The maximum Gasteiger partial charge on any atom is 0.251 e. The number of carbonyl (C=O) groups is 1. The molecular formula is C18H19Cl2NO4. The van der Waals surface area contributed by atoms with Gasteiger partial charge in [0.25, 0.3) is 5.91 Å². The van der Waals surface area contributed by atoms with Crippen LogP contribution in [0.1, 0.15) is 17.3 Å². The Morgan fingerprint density at radius 1 is 1.04 bits per heavy atom. The van der Waals surface area contributed by atoms with Crippen molar-refractivity contribution in [2.75, 3.05) is 26.9 Å². The first-order valence-corrected chi connectivity index (χ1v) is 8.47. The van der Waals surface area contributed by atoms with Crippen molar-refractivity contribution in [3.63, 3.8) is 0 Å². The highest BCUT2D eigenvalue weighted by atomic mass is 35.5. The molecule has 0 atom stereocenters. The average Bonchev–Trinajstić information content (AvgIpc) is 2.60. The van der Waals surface area contributed by atoms with Gasteiger partial charge in [0.2, 0.25) is 0 Å². The van der Waals surface area contributed by atoms with Crippen LogP contribution in [0, 0.1) is 0 Å². The molecule has 1 N–H and O–H groups in total. The predicted octanol–water partition coefficient (Wildman–Crippen LogP) is 4.21. The van der Waals surface area contributed by atoms with E-state index in [0.29, 0.717) is 36.8 Å². The van der Waals surface area contributed by atoms with E-state index in [2.05, 4.69) is 5.32 Å². The van der Waals surface area contributed by atoms with E-state index in [0.717, 1.165) is 5.75 Å². The van der Waals surface area contributed by atoms with E-state index >= 15 is 0 Å². The van der Waals surface area contributed by atoms with Gasteiger partial charge in [-0.3, -0.25) is 4.79 Å². The average molecular weight is 384 g/mol. The minimum atomic E-state index is -0.290. The van der Waals surface area contributed by atoms with Crippen molar-refractivity contribution in [1.29, 1.82) is 0 Å². The molecule has 1 amide bonds. The Labute approximate surface area is 156 Å². The molecule has 2 rings (SSSR count). The number of halogens is 2. The molecule has 0 aliphatic heterocycles. The number of benzene rings is 2. The third-order valence-corrected chi connectivity index (χ3v) is 3.82. The van der Waals surface area contributed by atoms with Gasteiger partial charge in [-0.1, -0.05) is 23.2 Å². The van der Waals surface area contributed by atoms with E-state index in [-0.39, 0.29) is 16.0 Å². The Kier molecular flexibility index (Phi) is 7.22. The summed E-state index contributed by atoms with van der Waals surface area (Å²) in [6.07, 6.45) is 0. The number of carbonyl (C=O) groups excluding carboxylic acids is 1. The van der Waals surface area contributed by atoms with Crippen LogP contribution < -0.4 is 19.5 Å². The summed E-state index contributed by atoms with van der Waals surface area (Å²) in [5, 5.41) is 3.31. The maximum absolute atomic E-state index is 12.1. The molecule has 2 aromatic carbocycles. The third kappa shape index (κ3) is 5.44. The Bertz CT molecular complexity index is 697. The predicted molar refractivity (Wildman–Crippen MR) is 98.5 cm³/mol. The number of ether oxygens (including phenoxy) is 3. The summed E-state index contributed by atoms with van der Waals surface area (Å²) in [5.74, 6) is 1.55. The molecule has 0 saturated heterocycles. The fraction of sp³-hybridized carbons (Fsp3) is 0.278. The molecule has 0 saturated carbocycles. The van der Waals surface area contributed by atoms with E-state index in [1.807, 2.05) is 31.2 Å². The van der Waals surface area contributed by atoms with E-state index in [4.69, 9.17) is 37.4 Å². The van der Waals surface area contributed by atoms with Crippen molar-refractivity contribution < 1.29 is 19.0 Å². The van der Waals surface area contributed by atoms with Crippen LogP contribution in [0.2, 0.25) is 10.0 Å². The maximum atomic E-state index is 12.1. The zero-order valence-corrected chi connectivity index (χ0v) is 15.5. The molecule has 0 aliphatic rings. The largest absolute Gasteiger partial charge is 0.494 e. The molecule has 0 unspecified atom stereocenters. The second-order valence-corrected chi connectivity index (χ2v) is 5.80. The molecule has 0 aromatic heterocycles. The summed E-state index contributed by atoms with van der Waals surface area (Å²) in [7, 11) is 1.46. The number of methoxy groups -OCH3 is 1. The number of amides is 1. The molecule has 134 valence electrons. The zero-order chi connectivity index (χ0) is 18.2. The Morgan fingerprint density at radius 2 is 1.60 bits per heavy atom. The van der Waals surface area contributed by atoms with Gasteiger partial charge in [-0.05, 0) is 43.3 Å². The summed E-state index contributed by atoms with van der Waals surface area (Å²) in [6.45, 7) is 3.21.